The van der Waals surface area contributed by atoms with E-state index in [0.29, 0.717) is 0 Å². The zero-order chi connectivity index (χ0) is 10.7. The molecule has 78 valence electrons. The number of hydrogen-bond donors (Lipinski definition) is 1. The highest BCUT2D eigenvalue weighted by atomic mass is 15.3. The van der Waals surface area contributed by atoms with E-state index in [2.05, 4.69) is 41.6 Å². The highest BCUT2D eigenvalue weighted by Gasteiger charge is 1.95. The lowest BCUT2D eigenvalue weighted by molar-refractivity contribution is 0.768. The van der Waals surface area contributed by atoms with Gasteiger partial charge < -0.3 is 5.32 Å². The summed E-state index contributed by atoms with van der Waals surface area (Å²) in [5.41, 5.74) is 3.63. The minimum atomic E-state index is 0.839. The van der Waals surface area contributed by atoms with E-state index in [-0.39, 0.29) is 0 Å². The molecule has 0 atom stereocenters. The lowest BCUT2D eigenvalue weighted by Crippen LogP contribution is -1.98. The molecule has 3 heteroatoms. The van der Waals surface area contributed by atoms with Crippen LogP contribution in [0.15, 0.2) is 36.7 Å². The van der Waals surface area contributed by atoms with Crippen molar-refractivity contribution >= 4 is 5.69 Å². The predicted molar refractivity (Wildman–Crippen MR) is 61.7 cm³/mol. The maximum absolute atomic E-state index is 4.10. The average Bonchev–Trinajstić information content (AvgIpc) is 2.64. The van der Waals surface area contributed by atoms with Gasteiger partial charge in [-0.05, 0) is 12.5 Å². The molecule has 2 rings (SSSR count). The fourth-order valence-electron chi connectivity index (χ4n) is 1.42. The van der Waals surface area contributed by atoms with Crippen LogP contribution < -0.4 is 5.32 Å². The fraction of sp³-hybridized carbons (Fsp3) is 0.250. The van der Waals surface area contributed by atoms with Crippen molar-refractivity contribution in [1.82, 2.24) is 9.78 Å². The van der Waals surface area contributed by atoms with Gasteiger partial charge in [-0.15, -0.1) is 0 Å². The monoisotopic (exact) mass is 201 g/mol. The number of benzene rings is 1. The molecule has 15 heavy (non-hydrogen) atoms. The van der Waals surface area contributed by atoms with Gasteiger partial charge in [0.25, 0.3) is 0 Å². The van der Waals surface area contributed by atoms with Crippen molar-refractivity contribution in [2.75, 3.05) is 5.32 Å². The van der Waals surface area contributed by atoms with Gasteiger partial charge in [0.05, 0.1) is 11.9 Å². The Morgan fingerprint density at radius 1 is 1.27 bits per heavy atom. The summed E-state index contributed by atoms with van der Waals surface area (Å²) in [6.07, 6.45) is 3.79. The minimum absolute atomic E-state index is 0.839. The highest BCUT2D eigenvalue weighted by molar-refractivity contribution is 5.39. The van der Waals surface area contributed by atoms with E-state index in [1.54, 1.807) is 4.68 Å². The smallest absolute Gasteiger partial charge is 0.0729 e. The van der Waals surface area contributed by atoms with Crippen LogP contribution in [0, 0.1) is 6.92 Å². The molecule has 0 aliphatic carbocycles. The van der Waals surface area contributed by atoms with Crippen LogP contribution in [0.25, 0.3) is 0 Å². The molecule has 0 radical (unpaired) electrons. The quantitative estimate of drug-likeness (QED) is 0.826. The van der Waals surface area contributed by atoms with E-state index in [4.69, 9.17) is 0 Å². The van der Waals surface area contributed by atoms with Crippen LogP contribution >= 0.6 is 0 Å². The van der Waals surface area contributed by atoms with Crippen LogP contribution in [0.5, 0.6) is 0 Å². The maximum atomic E-state index is 4.10. The predicted octanol–water partition coefficient (Wildman–Crippen LogP) is 2.34. The number of aryl methyl sites for hydroxylation is 2. The summed E-state index contributed by atoms with van der Waals surface area (Å²) < 4.78 is 1.79. The standard InChI is InChI=1S/C12H15N3/c1-10-3-5-11(6-4-10)7-13-12-8-14-15(2)9-12/h3-6,8-9,13H,7H2,1-2H3. The van der Waals surface area contributed by atoms with Gasteiger partial charge in [0.1, 0.15) is 0 Å². The van der Waals surface area contributed by atoms with E-state index in [1.165, 1.54) is 11.1 Å². The molecule has 0 bridgehead atoms. The van der Waals surface area contributed by atoms with Gasteiger partial charge in [0.15, 0.2) is 0 Å². The Kier molecular flexibility index (Phi) is 2.72. The van der Waals surface area contributed by atoms with E-state index in [0.717, 1.165) is 12.2 Å². The first-order valence-corrected chi connectivity index (χ1v) is 5.02. The van der Waals surface area contributed by atoms with Crippen molar-refractivity contribution in [2.45, 2.75) is 13.5 Å². The fourth-order valence-corrected chi connectivity index (χ4v) is 1.42. The SMILES string of the molecule is Cc1ccc(CNc2cnn(C)c2)cc1. The molecular weight excluding hydrogens is 186 g/mol. The molecular formula is C12H15N3. The third-order valence-electron chi connectivity index (χ3n) is 2.32. The summed E-state index contributed by atoms with van der Waals surface area (Å²) in [4.78, 5) is 0. The minimum Gasteiger partial charge on any atom is -0.378 e. The number of rotatable bonds is 3. The summed E-state index contributed by atoms with van der Waals surface area (Å²) in [5, 5.41) is 7.42. The summed E-state index contributed by atoms with van der Waals surface area (Å²) in [7, 11) is 1.91. The molecule has 0 aliphatic rings. The second-order valence-electron chi connectivity index (χ2n) is 3.74. The van der Waals surface area contributed by atoms with E-state index < -0.39 is 0 Å². The molecule has 0 fully saturated rings. The van der Waals surface area contributed by atoms with Crippen molar-refractivity contribution in [3.63, 3.8) is 0 Å². The zero-order valence-corrected chi connectivity index (χ0v) is 9.07. The van der Waals surface area contributed by atoms with Crippen LogP contribution in [0.2, 0.25) is 0 Å². The topological polar surface area (TPSA) is 29.9 Å². The van der Waals surface area contributed by atoms with Crippen molar-refractivity contribution in [3.8, 4) is 0 Å². The number of anilines is 1. The van der Waals surface area contributed by atoms with Crippen LogP contribution in [0.4, 0.5) is 5.69 Å². The molecule has 0 saturated heterocycles. The van der Waals surface area contributed by atoms with Gasteiger partial charge >= 0.3 is 0 Å². The molecule has 3 nitrogen and oxygen atoms in total. The number of hydrogen-bond acceptors (Lipinski definition) is 2. The van der Waals surface area contributed by atoms with Crippen LogP contribution in [-0.2, 0) is 13.6 Å². The Bertz CT molecular complexity index is 428. The summed E-state index contributed by atoms with van der Waals surface area (Å²) >= 11 is 0. The van der Waals surface area contributed by atoms with E-state index in [9.17, 15) is 0 Å². The third kappa shape index (κ3) is 2.59. The molecule has 0 unspecified atom stereocenters. The lowest BCUT2D eigenvalue weighted by atomic mass is 10.1. The first-order valence-electron chi connectivity index (χ1n) is 5.02. The second-order valence-corrected chi connectivity index (χ2v) is 3.74. The molecule has 1 aromatic carbocycles. The third-order valence-corrected chi connectivity index (χ3v) is 2.32. The molecule has 2 aromatic rings. The number of aromatic nitrogens is 2. The van der Waals surface area contributed by atoms with E-state index >= 15 is 0 Å². The zero-order valence-electron chi connectivity index (χ0n) is 9.07. The molecule has 0 amide bonds. The molecule has 1 heterocycles. The number of nitrogens with one attached hydrogen (secondary N) is 1. The second kappa shape index (κ2) is 4.17. The first kappa shape index (κ1) is 9.77. The lowest BCUT2D eigenvalue weighted by Gasteiger charge is -2.03. The molecule has 1 N–H and O–H groups in total. The Labute approximate surface area is 89.7 Å². The number of nitrogens with zero attached hydrogens (tertiary/aromatic N) is 2. The normalized spacial score (nSPS) is 10.3. The van der Waals surface area contributed by atoms with Gasteiger partial charge in [-0.3, -0.25) is 4.68 Å². The molecule has 0 saturated carbocycles. The van der Waals surface area contributed by atoms with E-state index in [1.807, 2.05) is 19.4 Å². The van der Waals surface area contributed by atoms with Crippen molar-refractivity contribution in [1.29, 1.82) is 0 Å². The summed E-state index contributed by atoms with van der Waals surface area (Å²) in [5.74, 6) is 0. The van der Waals surface area contributed by atoms with Crippen molar-refractivity contribution < 1.29 is 0 Å². The van der Waals surface area contributed by atoms with Gasteiger partial charge in [0.2, 0.25) is 0 Å². The highest BCUT2D eigenvalue weighted by Crippen LogP contribution is 2.08. The molecule has 0 spiro atoms. The maximum Gasteiger partial charge on any atom is 0.0729 e. The van der Waals surface area contributed by atoms with Crippen molar-refractivity contribution in [2.24, 2.45) is 7.05 Å². The van der Waals surface area contributed by atoms with Gasteiger partial charge in [0, 0.05) is 19.8 Å². The first-order chi connectivity index (χ1) is 7.24. The Morgan fingerprint density at radius 3 is 2.60 bits per heavy atom. The van der Waals surface area contributed by atoms with Crippen LogP contribution in [0.3, 0.4) is 0 Å². The largest absolute Gasteiger partial charge is 0.378 e. The van der Waals surface area contributed by atoms with Crippen LogP contribution in [0.1, 0.15) is 11.1 Å². The summed E-state index contributed by atoms with van der Waals surface area (Å²) in [6.45, 7) is 2.93. The Hall–Kier alpha value is -1.77. The van der Waals surface area contributed by atoms with Gasteiger partial charge in [-0.1, -0.05) is 29.8 Å². The molecule has 0 aliphatic heterocycles. The van der Waals surface area contributed by atoms with Crippen molar-refractivity contribution in [3.05, 3.63) is 47.8 Å². The molecule has 1 aromatic heterocycles. The average molecular weight is 201 g/mol. The van der Waals surface area contributed by atoms with Crippen LogP contribution in [-0.4, -0.2) is 9.78 Å². The Morgan fingerprint density at radius 2 is 2.00 bits per heavy atom. The Balaban J connectivity index is 1.96. The van der Waals surface area contributed by atoms with Gasteiger partial charge in [-0.25, -0.2) is 0 Å². The summed E-state index contributed by atoms with van der Waals surface area (Å²) in [6, 6.07) is 8.53. The van der Waals surface area contributed by atoms with Gasteiger partial charge in [-0.2, -0.15) is 5.10 Å².